The largest absolute Gasteiger partial charge is 0.494 e. The first-order chi connectivity index (χ1) is 13.1. The van der Waals surface area contributed by atoms with Gasteiger partial charge in [0.25, 0.3) is 5.91 Å². The van der Waals surface area contributed by atoms with Crippen molar-refractivity contribution in [3.63, 3.8) is 0 Å². The summed E-state index contributed by atoms with van der Waals surface area (Å²) >= 11 is 0. The molecule has 1 amide bonds. The van der Waals surface area contributed by atoms with Gasteiger partial charge in [-0.15, -0.1) is 0 Å². The Bertz CT molecular complexity index is 826. The van der Waals surface area contributed by atoms with Crippen molar-refractivity contribution in [1.29, 1.82) is 0 Å². The summed E-state index contributed by atoms with van der Waals surface area (Å²) in [6.07, 6.45) is 8.30. The van der Waals surface area contributed by atoms with Crippen LogP contribution >= 0.6 is 0 Å². The number of amides is 1. The first kappa shape index (κ1) is 17.6. The fourth-order valence-electron chi connectivity index (χ4n) is 3.95. The molecule has 2 atom stereocenters. The van der Waals surface area contributed by atoms with Gasteiger partial charge in [0.05, 0.1) is 12.9 Å². The van der Waals surface area contributed by atoms with Gasteiger partial charge in [-0.05, 0) is 54.5 Å². The number of carboxylic acids is 1. The molecule has 0 spiro atoms. The number of rotatable bonds is 5. The highest BCUT2D eigenvalue weighted by molar-refractivity contribution is 5.98. The highest BCUT2D eigenvalue weighted by Crippen LogP contribution is 2.28. The SMILES string of the molecule is O=C(N[C@@H](CC1=COC2CCOC2=C1)C(=O)O)c1cccc2c1CCCC2. The van der Waals surface area contributed by atoms with E-state index in [1.54, 1.807) is 12.3 Å². The summed E-state index contributed by atoms with van der Waals surface area (Å²) in [5.41, 5.74) is 3.53. The predicted octanol–water partition coefficient (Wildman–Crippen LogP) is 2.73. The van der Waals surface area contributed by atoms with Crippen molar-refractivity contribution in [3.8, 4) is 0 Å². The maximum absolute atomic E-state index is 12.8. The lowest BCUT2D eigenvalue weighted by Crippen LogP contribution is -2.41. The van der Waals surface area contributed by atoms with Crippen LogP contribution in [0.4, 0.5) is 0 Å². The van der Waals surface area contributed by atoms with Crippen LogP contribution in [0.15, 0.2) is 41.9 Å². The zero-order valence-electron chi connectivity index (χ0n) is 15.1. The number of carbonyl (C=O) groups is 2. The molecule has 6 nitrogen and oxygen atoms in total. The zero-order chi connectivity index (χ0) is 18.8. The molecule has 2 N–H and O–H groups in total. The van der Waals surface area contributed by atoms with Gasteiger partial charge in [0, 0.05) is 18.4 Å². The summed E-state index contributed by atoms with van der Waals surface area (Å²) in [6.45, 7) is 0.607. The van der Waals surface area contributed by atoms with Crippen LogP contribution in [0.2, 0.25) is 0 Å². The van der Waals surface area contributed by atoms with Crippen LogP contribution in [-0.4, -0.2) is 35.7 Å². The third-order valence-electron chi connectivity index (χ3n) is 5.36. The molecular weight excluding hydrogens is 346 g/mol. The van der Waals surface area contributed by atoms with E-state index in [0.29, 0.717) is 17.7 Å². The van der Waals surface area contributed by atoms with Crippen molar-refractivity contribution >= 4 is 11.9 Å². The molecule has 1 saturated heterocycles. The molecule has 0 radical (unpaired) electrons. The van der Waals surface area contributed by atoms with Crippen molar-refractivity contribution in [1.82, 2.24) is 5.32 Å². The lowest BCUT2D eigenvalue weighted by Gasteiger charge is -2.22. The number of allylic oxidation sites excluding steroid dienone is 1. The van der Waals surface area contributed by atoms with Crippen molar-refractivity contribution in [2.45, 2.75) is 50.7 Å². The Morgan fingerprint density at radius 3 is 2.96 bits per heavy atom. The standard InChI is InChI=1S/C21H23NO5/c23-20(16-7-3-5-14-4-1-2-6-15(14)16)22-17(21(24)25)10-13-11-19-18(27-12-13)8-9-26-19/h3,5,7,11-12,17-18H,1-2,4,6,8-10H2,(H,22,23)(H,24,25)/t17-,18?/m0/s1. The van der Waals surface area contributed by atoms with E-state index in [-0.39, 0.29) is 18.4 Å². The average molecular weight is 369 g/mol. The van der Waals surface area contributed by atoms with Crippen molar-refractivity contribution in [2.75, 3.05) is 6.61 Å². The molecule has 2 heterocycles. The minimum atomic E-state index is -1.07. The number of carbonyl (C=O) groups excluding carboxylic acids is 1. The van der Waals surface area contributed by atoms with E-state index in [4.69, 9.17) is 9.47 Å². The van der Waals surface area contributed by atoms with E-state index in [1.807, 2.05) is 18.2 Å². The molecule has 142 valence electrons. The second-order valence-electron chi connectivity index (χ2n) is 7.22. The van der Waals surface area contributed by atoms with E-state index in [2.05, 4.69) is 5.32 Å². The number of nitrogens with one attached hydrogen (secondary N) is 1. The Hall–Kier alpha value is -2.76. The summed E-state index contributed by atoms with van der Waals surface area (Å²) in [4.78, 5) is 24.5. The van der Waals surface area contributed by atoms with E-state index >= 15 is 0 Å². The molecule has 1 aromatic rings. The number of benzene rings is 1. The average Bonchev–Trinajstić information content (AvgIpc) is 3.14. The van der Waals surface area contributed by atoms with Crippen molar-refractivity contribution in [3.05, 3.63) is 58.6 Å². The molecule has 0 bridgehead atoms. The molecule has 6 heteroatoms. The van der Waals surface area contributed by atoms with Crippen LogP contribution in [0.1, 0.15) is 47.2 Å². The molecule has 27 heavy (non-hydrogen) atoms. The number of carboxylic acid groups (broad SMARTS) is 1. The third-order valence-corrected chi connectivity index (χ3v) is 5.36. The Balaban J connectivity index is 1.48. The van der Waals surface area contributed by atoms with E-state index in [1.165, 1.54) is 5.56 Å². The van der Waals surface area contributed by atoms with Gasteiger partial charge in [0.2, 0.25) is 0 Å². The Kier molecular flexibility index (Phi) is 4.88. The molecule has 0 aromatic heterocycles. The second kappa shape index (κ2) is 7.47. The molecule has 2 aliphatic heterocycles. The molecule has 4 rings (SSSR count). The van der Waals surface area contributed by atoms with Gasteiger partial charge in [-0.25, -0.2) is 4.79 Å². The number of fused-ring (bicyclic) bond motifs is 2. The summed E-state index contributed by atoms with van der Waals surface area (Å²) in [6, 6.07) is 4.67. The van der Waals surface area contributed by atoms with Gasteiger partial charge in [-0.1, -0.05) is 12.1 Å². The predicted molar refractivity (Wildman–Crippen MR) is 98.2 cm³/mol. The fraction of sp³-hybridized carbons (Fsp3) is 0.429. The normalized spacial score (nSPS) is 21.6. The number of aliphatic carboxylic acids is 1. The minimum absolute atomic E-state index is 0.0672. The number of hydrogen-bond acceptors (Lipinski definition) is 4. The quantitative estimate of drug-likeness (QED) is 0.834. The number of hydrogen-bond donors (Lipinski definition) is 2. The Morgan fingerprint density at radius 2 is 2.11 bits per heavy atom. The van der Waals surface area contributed by atoms with Gasteiger partial charge in [-0.3, -0.25) is 4.79 Å². The Labute approximate surface area is 157 Å². The summed E-state index contributed by atoms with van der Waals surface area (Å²) in [7, 11) is 0. The van der Waals surface area contributed by atoms with Crippen LogP contribution in [0.3, 0.4) is 0 Å². The summed E-state index contributed by atoms with van der Waals surface area (Å²) < 4.78 is 11.1. The second-order valence-corrected chi connectivity index (χ2v) is 7.22. The molecule has 3 aliphatic rings. The molecule has 1 fully saturated rings. The third kappa shape index (κ3) is 3.70. The van der Waals surface area contributed by atoms with Crippen LogP contribution in [-0.2, 0) is 27.1 Å². The van der Waals surface area contributed by atoms with Crippen LogP contribution in [0.5, 0.6) is 0 Å². The van der Waals surface area contributed by atoms with Crippen LogP contribution in [0.25, 0.3) is 0 Å². The zero-order valence-corrected chi connectivity index (χ0v) is 15.1. The van der Waals surface area contributed by atoms with Crippen molar-refractivity contribution in [2.24, 2.45) is 0 Å². The van der Waals surface area contributed by atoms with Gasteiger partial charge >= 0.3 is 5.97 Å². The summed E-state index contributed by atoms with van der Waals surface area (Å²) in [5, 5.41) is 12.3. The van der Waals surface area contributed by atoms with E-state index in [9.17, 15) is 14.7 Å². The molecule has 1 aliphatic carbocycles. The first-order valence-electron chi connectivity index (χ1n) is 9.45. The van der Waals surface area contributed by atoms with Gasteiger partial charge in [-0.2, -0.15) is 0 Å². The van der Waals surface area contributed by atoms with E-state index < -0.39 is 12.0 Å². The summed E-state index contributed by atoms with van der Waals surface area (Å²) in [5.74, 6) is -0.664. The molecule has 1 unspecified atom stereocenters. The maximum Gasteiger partial charge on any atom is 0.326 e. The minimum Gasteiger partial charge on any atom is -0.494 e. The lowest BCUT2D eigenvalue weighted by molar-refractivity contribution is -0.139. The van der Waals surface area contributed by atoms with E-state index in [0.717, 1.165) is 43.4 Å². The highest BCUT2D eigenvalue weighted by Gasteiger charge is 2.29. The number of ether oxygens (including phenoxy) is 2. The highest BCUT2D eigenvalue weighted by atomic mass is 16.5. The van der Waals surface area contributed by atoms with Crippen LogP contribution < -0.4 is 5.32 Å². The Morgan fingerprint density at radius 1 is 1.26 bits per heavy atom. The smallest absolute Gasteiger partial charge is 0.326 e. The maximum atomic E-state index is 12.8. The lowest BCUT2D eigenvalue weighted by atomic mass is 9.88. The fourth-order valence-corrected chi connectivity index (χ4v) is 3.95. The monoisotopic (exact) mass is 369 g/mol. The van der Waals surface area contributed by atoms with Gasteiger partial charge in [0.1, 0.15) is 11.8 Å². The van der Waals surface area contributed by atoms with Gasteiger partial charge in [0.15, 0.2) is 6.10 Å². The topological polar surface area (TPSA) is 84.9 Å². The molecule has 1 aromatic carbocycles. The number of aryl methyl sites for hydroxylation is 1. The molecular formula is C21H23NO5. The molecule has 0 saturated carbocycles. The van der Waals surface area contributed by atoms with Crippen LogP contribution in [0, 0.1) is 0 Å². The van der Waals surface area contributed by atoms with Crippen molar-refractivity contribution < 1.29 is 24.2 Å². The van der Waals surface area contributed by atoms with Gasteiger partial charge < -0.3 is 19.9 Å². The first-order valence-corrected chi connectivity index (χ1v) is 9.45.